The summed E-state index contributed by atoms with van der Waals surface area (Å²) in [5.74, 6) is -0.600. The van der Waals surface area contributed by atoms with Crippen molar-refractivity contribution in [2.75, 3.05) is 44.6 Å². The maximum Gasteiger partial charge on any atom is 0.310 e. The largest absolute Gasteiger partial charge is 0.466 e. The summed E-state index contributed by atoms with van der Waals surface area (Å²) < 4.78 is 31.5. The molecule has 1 saturated heterocycles. The van der Waals surface area contributed by atoms with Gasteiger partial charge in [0.05, 0.1) is 24.0 Å². The second-order valence-electron chi connectivity index (χ2n) is 6.99. The zero-order valence-corrected chi connectivity index (χ0v) is 18.2. The molecule has 1 aliphatic heterocycles. The van der Waals surface area contributed by atoms with Crippen LogP contribution in [0.1, 0.15) is 33.6 Å². The van der Waals surface area contributed by atoms with Crippen LogP contribution in [0, 0.1) is 5.92 Å². The molecule has 0 saturated carbocycles. The van der Waals surface area contributed by atoms with Gasteiger partial charge in [0, 0.05) is 25.3 Å². The maximum absolute atomic E-state index is 12.5. The Balaban J connectivity index is 1.93. The van der Waals surface area contributed by atoms with E-state index in [1.807, 2.05) is 4.90 Å². The van der Waals surface area contributed by atoms with Crippen LogP contribution < -0.4 is 5.32 Å². The highest BCUT2D eigenvalue weighted by Crippen LogP contribution is 2.20. The zero-order valence-electron chi connectivity index (χ0n) is 17.4. The predicted molar refractivity (Wildman–Crippen MR) is 111 cm³/mol. The number of esters is 1. The first-order chi connectivity index (χ1) is 13.8. The lowest BCUT2D eigenvalue weighted by molar-refractivity contribution is -0.150. The van der Waals surface area contributed by atoms with Gasteiger partial charge in [0.15, 0.2) is 0 Å². The van der Waals surface area contributed by atoms with Crippen molar-refractivity contribution < 1.29 is 22.7 Å². The van der Waals surface area contributed by atoms with Gasteiger partial charge in [-0.25, -0.2) is 8.42 Å². The van der Waals surface area contributed by atoms with Crippen molar-refractivity contribution >= 4 is 27.6 Å². The number of carbonyl (C=O) groups excluding carboxylic acids is 2. The number of ether oxygens (including phenoxy) is 1. The normalized spacial score (nSPS) is 17.9. The second kappa shape index (κ2) is 10.7. The number of nitrogens with one attached hydrogen (secondary N) is 1. The Labute approximate surface area is 173 Å². The number of hydrogen-bond donors (Lipinski definition) is 1. The fourth-order valence-electron chi connectivity index (χ4n) is 3.48. The van der Waals surface area contributed by atoms with E-state index in [1.165, 1.54) is 16.4 Å². The van der Waals surface area contributed by atoms with E-state index in [2.05, 4.69) is 5.32 Å². The summed E-state index contributed by atoms with van der Waals surface area (Å²) in [5.41, 5.74) is 0.535. The molecular formula is C20H31N3O5S. The molecule has 8 nitrogen and oxygen atoms in total. The van der Waals surface area contributed by atoms with E-state index in [-0.39, 0.29) is 29.2 Å². The Morgan fingerprint density at radius 2 is 1.83 bits per heavy atom. The van der Waals surface area contributed by atoms with Crippen LogP contribution in [0.3, 0.4) is 0 Å². The Bertz CT molecular complexity index is 791. The highest BCUT2D eigenvalue weighted by atomic mass is 32.2. The fraction of sp³-hybridized carbons (Fsp3) is 0.600. The van der Waals surface area contributed by atoms with Crippen LogP contribution in [0.2, 0.25) is 0 Å². The average molecular weight is 426 g/mol. The predicted octanol–water partition coefficient (Wildman–Crippen LogP) is 1.93. The van der Waals surface area contributed by atoms with Crippen LogP contribution >= 0.6 is 0 Å². The molecule has 1 atom stereocenters. The maximum atomic E-state index is 12.5. The summed E-state index contributed by atoms with van der Waals surface area (Å²) in [6, 6.07) is 6.18. The Morgan fingerprint density at radius 3 is 2.41 bits per heavy atom. The number of sulfonamides is 1. The summed E-state index contributed by atoms with van der Waals surface area (Å²) in [5, 5.41) is 2.79. The van der Waals surface area contributed by atoms with Gasteiger partial charge in [0.1, 0.15) is 0 Å². The van der Waals surface area contributed by atoms with Crippen molar-refractivity contribution in [3.05, 3.63) is 24.3 Å². The first kappa shape index (κ1) is 23.3. The van der Waals surface area contributed by atoms with E-state index in [0.717, 1.165) is 19.4 Å². The molecule has 0 spiro atoms. The van der Waals surface area contributed by atoms with Gasteiger partial charge < -0.3 is 10.1 Å². The summed E-state index contributed by atoms with van der Waals surface area (Å²) in [6.45, 7) is 7.97. The van der Waals surface area contributed by atoms with Gasteiger partial charge in [-0.2, -0.15) is 4.31 Å². The molecule has 162 valence electrons. The van der Waals surface area contributed by atoms with E-state index < -0.39 is 10.0 Å². The topological polar surface area (TPSA) is 96.0 Å². The summed E-state index contributed by atoms with van der Waals surface area (Å²) in [4.78, 5) is 26.4. The molecule has 1 heterocycles. The monoisotopic (exact) mass is 425 g/mol. The van der Waals surface area contributed by atoms with Crippen LogP contribution in [-0.2, 0) is 24.3 Å². The lowest BCUT2D eigenvalue weighted by atomic mass is 9.98. The summed E-state index contributed by atoms with van der Waals surface area (Å²) in [6.07, 6.45) is 1.62. The molecule has 1 aromatic rings. The molecule has 1 fully saturated rings. The molecule has 0 radical (unpaired) electrons. The van der Waals surface area contributed by atoms with Crippen molar-refractivity contribution in [3.8, 4) is 0 Å². The minimum Gasteiger partial charge on any atom is -0.466 e. The quantitative estimate of drug-likeness (QED) is 0.608. The minimum absolute atomic E-state index is 0.176. The number of likely N-dealkylation sites (tertiary alicyclic amines) is 1. The molecule has 1 aliphatic rings. The average Bonchev–Trinajstić information content (AvgIpc) is 2.69. The Hall–Kier alpha value is -1.97. The first-order valence-electron chi connectivity index (χ1n) is 10.1. The van der Waals surface area contributed by atoms with E-state index in [9.17, 15) is 18.0 Å². The number of nitrogens with zero attached hydrogens (tertiary/aromatic N) is 2. The number of piperidine rings is 1. The lowest BCUT2D eigenvalue weighted by Gasteiger charge is -2.30. The van der Waals surface area contributed by atoms with Crippen molar-refractivity contribution in [2.45, 2.75) is 38.5 Å². The highest BCUT2D eigenvalue weighted by molar-refractivity contribution is 7.89. The van der Waals surface area contributed by atoms with Crippen molar-refractivity contribution in [2.24, 2.45) is 5.92 Å². The van der Waals surface area contributed by atoms with Gasteiger partial charge >= 0.3 is 5.97 Å². The minimum atomic E-state index is -3.52. The third-order valence-electron chi connectivity index (χ3n) is 4.97. The van der Waals surface area contributed by atoms with Crippen LogP contribution in [0.5, 0.6) is 0 Å². The highest BCUT2D eigenvalue weighted by Gasteiger charge is 2.28. The van der Waals surface area contributed by atoms with Gasteiger partial charge in [-0.1, -0.05) is 13.8 Å². The van der Waals surface area contributed by atoms with Crippen molar-refractivity contribution in [3.63, 3.8) is 0 Å². The number of amides is 1. The third kappa shape index (κ3) is 6.25. The molecule has 1 amide bonds. The number of rotatable bonds is 9. The smallest absolute Gasteiger partial charge is 0.310 e. The summed E-state index contributed by atoms with van der Waals surface area (Å²) in [7, 11) is -3.52. The third-order valence-corrected chi connectivity index (χ3v) is 7.04. The molecule has 0 aromatic heterocycles. The van der Waals surface area contributed by atoms with Crippen LogP contribution in [0.25, 0.3) is 0 Å². The Kier molecular flexibility index (Phi) is 8.60. The fourth-order valence-corrected chi connectivity index (χ4v) is 4.94. The molecule has 0 unspecified atom stereocenters. The lowest BCUT2D eigenvalue weighted by Crippen LogP contribution is -2.43. The molecule has 2 rings (SSSR count). The van der Waals surface area contributed by atoms with Crippen LogP contribution in [0.15, 0.2) is 29.2 Å². The Morgan fingerprint density at radius 1 is 1.17 bits per heavy atom. The van der Waals surface area contributed by atoms with Gasteiger partial charge in [0.2, 0.25) is 15.9 Å². The van der Waals surface area contributed by atoms with Crippen LogP contribution in [-0.4, -0.2) is 68.8 Å². The van der Waals surface area contributed by atoms with Gasteiger partial charge in [-0.05, 0) is 50.6 Å². The van der Waals surface area contributed by atoms with E-state index >= 15 is 0 Å². The van der Waals surface area contributed by atoms with E-state index in [4.69, 9.17) is 4.74 Å². The van der Waals surface area contributed by atoms with Crippen LogP contribution in [0.4, 0.5) is 5.69 Å². The number of hydrogen-bond acceptors (Lipinski definition) is 6. The molecule has 9 heteroatoms. The van der Waals surface area contributed by atoms with Crippen molar-refractivity contribution in [1.82, 2.24) is 9.21 Å². The number of benzene rings is 1. The van der Waals surface area contributed by atoms with Crippen molar-refractivity contribution in [1.29, 1.82) is 0 Å². The zero-order chi connectivity index (χ0) is 21.4. The van der Waals surface area contributed by atoms with E-state index in [1.54, 1.807) is 32.9 Å². The molecule has 0 aliphatic carbocycles. The molecular weight excluding hydrogens is 394 g/mol. The number of anilines is 1. The first-order valence-corrected chi connectivity index (χ1v) is 11.5. The summed E-state index contributed by atoms with van der Waals surface area (Å²) >= 11 is 0. The molecule has 1 N–H and O–H groups in total. The van der Waals surface area contributed by atoms with Gasteiger partial charge in [0.25, 0.3) is 0 Å². The standard InChI is InChI=1S/C20H31N3O5S/c1-4-23(5-2)29(26,27)18-11-9-17(10-12-18)21-19(24)15-22-13-7-8-16(14-22)20(25)28-6-3/h9-12,16H,4-8,13-15H2,1-3H3,(H,21,24)/t16-/m1/s1. The number of carbonyl (C=O) groups is 2. The molecule has 29 heavy (non-hydrogen) atoms. The van der Waals surface area contributed by atoms with Gasteiger partial charge in [-0.15, -0.1) is 0 Å². The molecule has 1 aromatic carbocycles. The molecule has 0 bridgehead atoms. The second-order valence-corrected chi connectivity index (χ2v) is 8.93. The van der Waals surface area contributed by atoms with E-state index in [0.29, 0.717) is 31.9 Å². The van der Waals surface area contributed by atoms with Gasteiger partial charge in [-0.3, -0.25) is 14.5 Å². The SMILES string of the molecule is CCOC(=O)[C@@H]1CCCN(CC(=O)Nc2ccc(S(=O)(=O)N(CC)CC)cc2)C1.